The number of aliphatic hydroxyl groups is 1. The lowest BCUT2D eigenvalue weighted by molar-refractivity contribution is -0.384. The fourth-order valence-electron chi connectivity index (χ4n) is 2.41. The number of ether oxygens (including phenoxy) is 1. The molecule has 0 aromatic heterocycles. The minimum atomic E-state index is -4.13. The van der Waals surface area contributed by atoms with Gasteiger partial charge in [0.25, 0.3) is 5.69 Å². The molecule has 0 radical (unpaired) electrons. The van der Waals surface area contributed by atoms with Gasteiger partial charge in [0, 0.05) is 12.1 Å². The van der Waals surface area contributed by atoms with Crippen molar-refractivity contribution in [3.05, 3.63) is 69.8 Å². The average molecular weight is 408 g/mol. The predicted molar refractivity (Wildman–Crippen MR) is 100.0 cm³/mol. The minimum Gasteiger partial charge on any atom is -0.465 e. The number of esters is 1. The van der Waals surface area contributed by atoms with E-state index < -0.39 is 33.1 Å². The Labute approximate surface area is 162 Å². The number of rotatable bonds is 8. The van der Waals surface area contributed by atoms with E-state index in [1.807, 2.05) is 0 Å². The normalized spacial score (nSPS) is 13.5. The number of sulfonamides is 1. The number of non-ortho nitro benzene ring substituents is 1. The summed E-state index contributed by atoms with van der Waals surface area (Å²) in [7, 11) is -4.13. The SMILES string of the molecule is CCOC(=O)[C@H](NS(=O)(=O)c1ccc(C)cc1)[C@H](O)c1ccc([N+](=O)[O-])cc1. The molecule has 2 N–H and O–H groups in total. The summed E-state index contributed by atoms with van der Waals surface area (Å²) in [6, 6.07) is 9.10. The van der Waals surface area contributed by atoms with E-state index in [4.69, 9.17) is 4.74 Å². The summed E-state index contributed by atoms with van der Waals surface area (Å²) >= 11 is 0. The Hall–Kier alpha value is -2.82. The number of aryl methyl sites for hydroxylation is 1. The van der Waals surface area contributed by atoms with Crippen LogP contribution in [0.15, 0.2) is 53.4 Å². The summed E-state index contributed by atoms with van der Waals surface area (Å²) in [5.74, 6) is -0.968. The van der Waals surface area contributed by atoms with Crippen molar-refractivity contribution in [3.63, 3.8) is 0 Å². The van der Waals surface area contributed by atoms with Crippen molar-refractivity contribution >= 4 is 21.7 Å². The lowest BCUT2D eigenvalue weighted by atomic mass is 10.0. The van der Waals surface area contributed by atoms with Crippen molar-refractivity contribution in [2.24, 2.45) is 0 Å². The van der Waals surface area contributed by atoms with Crippen LogP contribution in [0.4, 0.5) is 5.69 Å². The fraction of sp³-hybridized carbons (Fsp3) is 0.278. The summed E-state index contributed by atoms with van der Waals surface area (Å²) in [5, 5.41) is 21.3. The van der Waals surface area contributed by atoms with E-state index in [1.165, 1.54) is 24.3 Å². The van der Waals surface area contributed by atoms with E-state index in [2.05, 4.69) is 4.72 Å². The lowest BCUT2D eigenvalue weighted by Crippen LogP contribution is -2.45. The maximum absolute atomic E-state index is 12.6. The van der Waals surface area contributed by atoms with Crippen LogP contribution in [0.2, 0.25) is 0 Å². The molecule has 0 amide bonds. The molecule has 10 heteroatoms. The zero-order chi connectivity index (χ0) is 20.9. The Morgan fingerprint density at radius 3 is 2.25 bits per heavy atom. The molecule has 2 aromatic rings. The van der Waals surface area contributed by atoms with Crippen LogP contribution >= 0.6 is 0 Å². The molecule has 0 fully saturated rings. The van der Waals surface area contributed by atoms with Gasteiger partial charge in [-0.3, -0.25) is 14.9 Å². The third-order valence-corrected chi connectivity index (χ3v) is 5.37. The van der Waals surface area contributed by atoms with Crippen molar-refractivity contribution < 1.29 is 28.0 Å². The highest BCUT2D eigenvalue weighted by molar-refractivity contribution is 7.89. The van der Waals surface area contributed by atoms with Gasteiger partial charge < -0.3 is 9.84 Å². The first-order chi connectivity index (χ1) is 13.2. The van der Waals surface area contributed by atoms with Crippen molar-refractivity contribution in [1.82, 2.24) is 4.72 Å². The number of nitro benzene ring substituents is 1. The monoisotopic (exact) mass is 408 g/mol. The first-order valence-electron chi connectivity index (χ1n) is 8.33. The molecule has 0 spiro atoms. The molecule has 9 nitrogen and oxygen atoms in total. The van der Waals surface area contributed by atoms with E-state index in [9.17, 15) is 28.4 Å². The van der Waals surface area contributed by atoms with Crippen LogP contribution in [0.3, 0.4) is 0 Å². The van der Waals surface area contributed by atoms with E-state index >= 15 is 0 Å². The number of carbonyl (C=O) groups is 1. The van der Waals surface area contributed by atoms with Gasteiger partial charge in [0.15, 0.2) is 0 Å². The molecular formula is C18H20N2O7S. The first kappa shape index (κ1) is 21.5. The second kappa shape index (κ2) is 8.91. The Morgan fingerprint density at radius 1 is 1.18 bits per heavy atom. The largest absolute Gasteiger partial charge is 0.465 e. The van der Waals surface area contributed by atoms with E-state index in [-0.39, 0.29) is 22.8 Å². The minimum absolute atomic E-state index is 0.0193. The Kier molecular flexibility index (Phi) is 6.84. The molecule has 0 saturated carbocycles. The lowest BCUT2D eigenvalue weighted by Gasteiger charge is -2.22. The quantitative estimate of drug-likeness (QED) is 0.386. The highest BCUT2D eigenvalue weighted by Gasteiger charge is 2.34. The van der Waals surface area contributed by atoms with Gasteiger partial charge in [-0.2, -0.15) is 4.72 Å². The zero-order valence-electron chi connectivity index (χ0n) is 15.2. The highest BCUT2D eigenvalue weighted by atomic mass is 32.2. The number of hydrogen-bond donors (Lipinski definition) is 2. The van der Waals surface area contributed by atoms with Crippen LogP contribution < -0.4 is 4.72 Å². The third-order valence-electron chi connectivity index (χ3n) is 3.92. The Morgan fingerprint density at radius 2 is 1.75 bits per heavy atom. The van der Waals surface area contributed by atoms with Crippen LogP contribution in [-0.2, 0) is 19.6 Å². The average Bonchev–Trinajstić information content (AvgIpc) is 2.66. The molecule has 150 valence electrons. The topological polar surface area (TPSA) is 136 Å². The van der Waals surface area contributed by atoms with Crippen LogP contribution in [0, 0.1) is 17.0 Å². The number of nitrogens with zero attached hydrogens (tertiary/aromatic N) is 1. The van der Waals surface area contributed by atoms with Crippen LogP contribution in [0.1, 0.15) is 24.2 Å². The molecule has 2 aromatic carbocycles. The number of aliphatic hydroxyl groups excluding tert-OH is 1. The fourth-order valence-corrected chi connectivity index (χ4v) is 3.60. The maximum atomic E-state index is 12.6. The van der Waals surface area contributed by atoms with Crippen LogP contribution in [0.25, 0.3) is 0 Å². The van der Waals surface area contributed by atoms with Gasteiger partial charge in [-0.05, 0) is 43.7 Å². The number of hydrogen-bond acceptors (Lipinski definition) is 7. The van der Waals surface area contributed by atoms with Gasteiger partial charge in [-0.25, -0.2) is 8.42 Å². The molecule has 0 aliphatic rings. The summed E-state index contributed by atoms with van der Waals surface area (Å²) in [4.78, 5) is 22.3. The van der Waals surface area contributed by atoms with Gasteiger partial charge in [0.1, 0.15) is 12.1 Å². The highest BCUT2D eigenvalue weighted by Crippen LogP contribution is 2.23. The Balaban J connectivity index is 2.34. The van der Waals surface area contributed by atoms with Gasteiger partial charge in [-0.15, -0.1) is 0 Å². The molecule has 28 heavy (non-hydrogen) atoms. The van der Waals surface area contributed by atoms with Crippen molar-refractivity contribution in [3.8, 4) is 0 Å². The number of nitro groups is 1. The van der Waals surface area contributed by atoms with Gasteiger partial charge in [0.2, 0.25) is 10.0 Å². The predicted octanol–water partition coefficient (Wildman–Crippen LogP) is 1.85. The van der Waals surface area contributed by atoms with E-state index in [0.29, 0.717) is 0 Å². The van der Waals surface area contributed by atoms with Crippen molar-refractivity contribution in [2.45, 2.75) is 30.9 Å². The molecule has 2 atom stereocenters. The van der Waals surface area contributed by atoms with Gasteiger partial charge >= 0.3 is 5.97 Å². The zero-order valence-corrected chi connectivity index (χ0v) is 16.0. The molecule has 2 rings (SSSR count). The van der Waals surface area contributed by atoms with Gasteiger partial charge in [-0.1, -0.05) is 17.7 Å². The number of benzene rings is 2. The van der Waals surface area contributed by atoms with E-state index in [1.54, 1.807) is 26.0 Å². The second-order valence-corrected chi connectivity index (χ2v) is 7.67. The van der Waals surface area contributed by atoms with Crippen molar-refractivity contribution in [2.75, 3.05) is 6.61 Å². The molecule has 0 bridgehead atoms. The summed E-state index contributed by atoms with van der Waals surface area (Å²) in [6.45, 7) is 3.32. The molecule has 0 saturated heterocycles. The second-order valence-electron chi connectivity index (χ2n) is 5.96. The maximum Gasteiger partial charge on any atom is 0.327 e. The van der Waals surface area contributed by atoms with E-state index in [0.717, 1.165) is 17.7 Å². The summed E-state index contributed by atoms with van der Waals surface area (Å²) < 4.78 is 32.3. The van der Waals surface area contributed by atoms with Gasteiger partial charge in [0.05, 0.1) is 16.4 Å². The molecule has 0 aliphatic carbocycles. The van der Waals surface area contributed by atoms with Crippen LogP contribution in [0.5, 0.6) is 0 Å². The number of carbonyl (C=O) groups excluding carboxylic acids is 1. The first-order valence-corrected chi connectivity index (χ1v) is 9.82. The smallest absolute Gasteiger partial charge is 0.327 e. The molecule has 0 aliphatic heterocycles. The standard InChI is InChI=1S/C18H20N2O7S/c1-3-27-18(22)16(17(21)13-6-8-14(9-7-13)20(23)24)19-28(25,26)15-10-4-12(2)5-11-15/h4-11,16-17,19,21H,3H2,1-2H3/t16-,17-/m1/s1. The Bertz CT molecular complexity index is 941. The third kappa shape index (κ3) is 5.12. The van der Waals surface area contributed by atoms with Crippen LogP contribution in [-0.4, -0.2) is 37.1 Å². The summed E-state index contributed by atoms with van der Waals surface area (Å²) in [6.07, 6.45) is -1.61. The molecular weight excluding hydrogens is 388 g/mol. The number of nitrogens with one attached hydrogen (secondary N) is 1. The molecule has 0 heterocycles. The molecule has 0 unspecified atom stereocenters. The van der Waals surface area contributed by atoms with Crippen molar-refractivity contribution in [1.29, 1.82) is 0 Å². The summed E-state index contributed by atoms with van der Waals surface area (Å²) in [5.41, 5.74) is 0.769.